The van der Waals surface area contributed by atoms with Gasteiger partial charge in [-0.05, 0) is 62.8 Å². The van der Waals surface area contributed by atoms with Crippen molar-refractivity contribution in [2.24, 2.45) is 27.4 Å². The molecule has 0 aromatic carbocycles. The first-order valence-corrected chi connectivity index (χ1v) is 14.7. The van der Waals surface area contributed by atoms with Crippen molar-refractivity contribution in [1.29, 1.82) is 0 Å². The fourth-order valence-electron chi connectivity index (χ4n) is 5.62. The van der Waals surface area contributed by atoms with Gasteiger partial charge in [0, 0.05) is 38.0 Å². The predicted octanol–water partition coefficient (Wildman–Crippen LogP) is 5.96. The quantitative estimate of drug-likeness (QED) is 0.167. The van der Waals surface area contributed by atoms with E-state index in [0.717, 1.165) is 19.3 Å². The van der Waals surface area contributed by atoms with Crippen molar-refractivity contribution < 1.29 is 9.59 Å². The molecule has 0 aliphatic heterocycles. The maximum absolute atomic E-state index is 13.0. The Morgan fingerprint density at radius 3 is 1.81 bits per heavy atom. The lowest BCUT2D eigenvalue weighted by Crippen LogP contribution is -2.45. The van der Waals surface area contributed by atoms with Crippen LogP contribution in [0.15, 0.2) is 11.1 Å². The fourth-order valence-corrected chi connectivity index (χ4v) is 5.62. The average molecular weight is 523 g/mol. The van der Waals surface area contributed by atoms with E-state index in [-0.39, 0.29) is 28.1 Å². The molecule has 1 aliphatic carbocycles. The Bertz CT molecular complexity index is 727. The minimum absolute atomic E-state index is 0.000971. The van der Waals surface area contributed by atoms with Gasteiger partial charge in [-0.2, -0.15) is 0 Å². The van der Waals surface area contributed by atoms with Crippen LogP contribution < -0.4 is 21.7 Å². The number of allylic oxidation sites excluding steroid dienone is 2. The maximum atomic E-state index is 13.0. The third-order valence-electron chi connectivity index (χ3n) is 8.97. The molecule has 0 unspecified atom stereocenters. The van der Waals surface area contributed by atoms with Crippen LogP contribution >= 0.6 is 0 Å². The molecular weight excluding hydrogens is 460 g/mol. The Morgan fingerprint density at radius 1 is 0.811 bits per heavy atom. The molecule has 5 N–H and O–H groups in total. The van der Waals surface area contributed by atoms with Gasteiger partial charge in [-0.1, -0.05) is 85.8 Å². The zero-order chi connectivity index (χ0) is 28.9. The predicted molar refractivity (Wildman–Crippen MR) is 159 cm³/mol. The monoisotopic (exact) mass is 522 g/mol. The molecule has 6 heteroatoms. The highest BCUT2D eigenvalue weighted by molar-refractivity contribution is 5.81. The molecule has 0 aromatic heterocycles. The van der Waals surface area contributed by atoms with Gasteiger partial charge in [-0.3, -0.25) is 9.59 Å². The third kappa shape index (κ3) is 11.1. The van der Waals surface area contributed by atoms with Gasteiger partial charge in [0.05, 0.1) is 0 Å². The molecule has 0 heterocycles. The molecule has 1 saturated carbocycles. The molecule has 0 radical (unpaired) electrons. The summed E-state index contributed by atoms with van der Waals surface area (Å²) in [5, 5.41) is 9.44. The van der Waals surface area contributed by atoms with Crippen molar-refractivity contribution in [3.05, 3.63) is 11.1 Å². The first kappa shape index (κ1) is 35.6. The van der Waals surface area contributed by atoms with Crippen molar-refractivity contribution >= 4 is 11.8 Å². The number of nitrogens with two attached hydrogens (primary N) is 1. The molecule has 2 amide bonds. The minimum Gasteiger partial charge on any atom is -0.355 e. The summed E-state index contributed by atoms with van der Waals surface area (Å²) in [7, 11) is 0. The topological polar surface area (TPSA) is 96.2 Å². The standard InChI is InChI=1S/C29H56N4O2.C2H6/c1-22(2)23(3)28(8,9)27(6,7)20-26(4,5)25(35)33-18-16-31-15-17-32-24(34)19-29(21-30)13-11-10-12-14-29;1-2/h31H,10-21,30H2,1-9H3,(H,32,34)(H,33,35);1-2H3. The molecule has 0 aromatic rings. The van der Waals surface area contributed by atoms with E-state index >= 15 is 0 Å². The van der Waals surface area contributed by atoms with Gasteiger partial charge in [0.1, 0.15) is 0 Å². The number of hydrogen-bond acceptors (Lipinski definition) is 4. The number of nitrogens with one attached hydrogen (secondary N) is 3. The second-order valence-electron chi connectivity index (χ2n) is 13.0. The van der Waals surface area contributed by atoms with Crippen LogP contribution in [0.5, 0.6) is 0 Å². The Hall–Kier alpha value is -1.40. The minimum atomic E-state index is -0.464. The summed E-state index contributed by atoms with van der Waals surface area (Å²) in [4.78, 5) is 25.4. The van der Waals surface area contributed by atoms with Crippen molar-refractivity contribution in [1.82, 2.24) is 16.0 Å². The number of carbonyl (C=O) groups excluding carboxylic acids is 2. The summed E-state index contributed by atoms with van der Waals surface area (Å²) in [5.74, 6) is 0.189. The van der Waals surface area contributed by atoms with E-state index in [0.29, 0.717) is 39.1 Å². The van der Waals surface area contributed by atoms with Crippen LogP contribution in [0.2, 0.25) is 0 Å². The van der Waals surface area contributed by atoms with Crippen molar-refractivity contribution in [2.75, 3.05) is 32.7 Å². The first-order chi connectivity index (χ1) is 17.1. The molecule has 6 nitrogen and oxygen atoms in total. The van der Waals surface area contributed by atoms with E-state index in [4.69, 9.17) is 5.73 Å². The van der Waals surface area contributed by atoms with Crippen molar-refractivity contribution in [3.8, 4) is 0 Å². The van der Waals surface area contributed by atoms with Gasteiger partial charge >= 0.3 is 0 Å². The Labute approximate surface area is 229 Å². The highest BCUT2D eigenvalue weighted by Crippen LogP contribution is 2.51. The first-order valence-electron chi connectivity index (χ1n) is 14.7. The van der Waals surface area contributed by atoms with Crippen LogP contribution in [0.25, 0.3) is 0 Å². The van der Waals surface area contributed by atoms with Crippen molar-refractivity contribution in [3.63, 3.8) is 0 Å². The molecule has 1 fully saturated rings. The highest BCUT2D eigenvalue weighted by atomic mass is 16.2. The molecule has 1 aliphatic rings. The van der Waals surface area contributed by atoms with E-state index in [1.807, 2.05) is 27.7 Å². The van der Waals surface area contributed by atoms with Gasteiger partial charge in [0.25, 0.3) is 0 Å². The fraction of sp³-hybridized carbons (Fsp3) is 0.871. The summed E-state index contributed by atoms with van der Waals surface area (Å²) in [6.45, 7) is 26.9. The SMILES string of the molecule is CC.CC(C)=C(C)C(C)(C)C(C)(C)CC(C)(C)C(=O)NCCNCCNC(=O)CC1(CN)CCCCC1. The van der Waals surface area contributed by atoms with Crippen molar-refractivity contribution in [2.45, 2.75) is 121 Å². The summed E-state index contributed by atoms with van der Waals surface area (Å²) >= 11 is 0. The summed E-state index contributed by atoms with van der Waals surface area (Å²) in [6.07, 6.45) is 7.08. The van der Waals surface area contributed by atoms with Crippen LogP contribution in [0.3, 0.4) is 0 Å². The number of rotatable bonds is 14. The van der Waals surface area contributed by atoms with Crippen LogP contribution in [0.4, 0.5) is 0 Å². The van der Waals surface area contributed by atoms with Gasteiger partial charge in [-0.25, -0.2) is 0 Å². The Morgan fingerprint density at radius 2 is 1.32 bits per heavy atom. The lowest BCUT2D eigenvalue weighted by molar-refractivity contribution is -0.131. The van der Waals surface area contributed by atoms with Crippen LogP contribution in [0.1, 0.15) is 121 Å². The molecule has 37 heavy (non-hydrogen) atoms. The normalized spacial score (nSPS) is 15.8. The summed E-state index contributed by atoms with van der Waals surface area (Å²) in [6, 6.07) is 0. The van der Waals surface area contributed by atoms with E-state index in [2.05, 4.69) is 64.4 Å². The lowest BCUT2D eigenvalue weighted by Gasteiger charge is -2.47. The molecule has 0 bridgehead atoms. The summed E-state index contributed by atoms with van der Waals surface area (Å²) in [5.41, 5.74) is 8.24. The zero-order valence-electron chi connectivity index (χ0n) is 26.4. The number of amides is 2. The average Bonchev–Trinajstić information content (AvgIpc) is 2.83. The summed E-state index contributed by atoms with van der Waals surface area (Å²) < 4.78 is 0. The molecule has 0 spiro atoms. The molecule has 0 atom stereocenters. The zero-order valence-corrected chi connectivity index (χ0v) is 26.4. The van der Waals surface area contributed by atoms with Gasteiger partial charge in [0.15, 0.2) is 0 Å². The Kier molecular flexibility index (Phi) is 15.3. The van der Waals surface area contributed by atoms with Gasteiger partial charge < -0.3 is 21.7 Å². The van der Waals surface area contributed by atoms with E-state index in [1.165, 1.54) is 30.4 Å². The molecule has 1 rings (SSSR count). The largest absolute Gasteiger partial charge is 0.355 e. The van der Waals surface area contributed by atoms with E-state index < -0.39 is 5.41 Å². The van der Waals surface area contributed by atoms with E-state index in [9.17, 15) is 9.59 Å². The maximum Gasteiger partial charge on any atom is 0.225 e. The smallest absolute Gasteiger partial charge is 0.225 e. The second-order valence-corrected chi connectivity index (χ2v) is 13.0. The van der Waals surface area contributed by atoms with E-state index in [1.54, 1.807) is 0 Å². The van der Waals surface area contributed by atoms with Gasteiger partial charge in [-0.15, -0.1) is 0 Å². The van der Waals surface area contributed by atoms with Gasteiger partial charge in [0.2, 0.25) is 11.8 Å². The highest BCUT2D eigenvalue weighted by Gasteiger charge is 2.44. The van der Waals surface area contributed by atoms with Crippen LogP contribution in [0, 0.1) is 21.7 Å². The second kappa shape index (κ2) is 15.9. The molecule has 218 valence electrons. The number of hydrogen-bond donors (Lipinski definition) is 4. The lowest BCUT2D eigenvalue weighted by atomic mass is 9.58. The molecular formula is C31H62N4O2. The van der Waals surface area contributed by atoms with Crippen LogP contribution in [-0.4, -0.2) is 44.5 Å². The molecule has 0 saturated heterocycles. The van der Waals surface area contributed by atoms with Crippen LogP contribution in [-0.2, 0) is 9.59 Å². The third-order valence-corrected chi connectivity index (χ3v) is 8.97. The number of carbonyl (C=O) groups is 2. The Balaban J connectivity index is 0.00000631.